The van der Waals surface area contributed by atoms with Crippen LogP contribution in [0.5, 0.6) is 0 Å². The van der Waals surface area contributed by atoms with Crippen molar-refractivity contribution in [3.8, 4) is 0 Å². The topological polar surface area (TPSA) is 77.1 Å². The van der Waals surface area contributed by atoms with Crippen molar-refractivity contribution >= 4 is 27.5 Å². The zero-order valence-electron chi connectivity index (χ0n) is 13.0. The van der Waals surface area contributed by atoms with Crippen molar-refractivity contribution in [2.45, 2.75) is 38.3 Å². The SMILES string of the molecule is O=C(CCn1cnc2sccc2c1=O)NC1CCCc2occc21. The summed E-state index contributed by atoms with van der Waals surface area (Å²) in [7, 11) is 0. The predicted molar refractivity (Wildman–Crippen MR) is 91.0 cm³/mol. The van der Waals surface area contributed by atoms with Crippen molar-refractivity contribution in [3.63, 3.8) is 0 Å². The summed E-state index contributed by atoms with van der Waals surface area (Å²) in [5.74, 6) is 0.904. The molecule has 1 amide bonds. The molecule has 3 aromatic rings. The van der Waals surface area contributed by atoms with Gasteiger partial charge < -0.3 is 9.73 Å². The van der Waals surface area contributed by atoms with E-state index in [-0.39, 0.29) is 23.9 Å². The van der Waals surface area contributed by atoms with Gasteiger partial charge in [-0.3, -0.25) is 14.2 Å². The monoisotopic (exact) mass is 343 g/mol. The number of furan rings is 1. The third-order valence-electron chi connectivity index (χ3n) is 4.42. The summed E-state index contributed by atoms with van der Waals surface area (Å²) in [6, 6.07) is 3.71. The smallest absolute Gasteiger partial charge is 0.262 e. The number of carbonyl (C=O) groups excluding carboxylic acids is 1. The fraction of sp³-hybridized carbons (Fsp3) is 0.353. The Balaban J connectivity index is 1.42. The number of rotatable bonds is 4. The molecule has 3 heterocycles. The van der Waals surface area contributed by atoms with Crippen LogP contribution in [0.2, 0.25) is 0 Å². The van der Waals surface area contributed by atoms with Gasteiger partial charge in [-0.2, -0.15) is 0 Å². The third kappa shape index (κ3) is 2.75. The van der Waals surface area contributed by atoms with Crippen molar-refractivity contribution in [1.82, 2.24) is 14.9 Å². The second-order valence-electron chi connectivity index (χ2n) is 5.94. The molecule has 0 saturated carbocycles. The maximum absolute atomic E-state index is 12.3. The number of hydrogen-bond acceptors (Lipinski definition) is 5. The number of aromatic nitrogens is 2. The van der Waals surface area contributed by atoms with Crippen LogP contribution in [0.15, 0.2) is 39.3 Å². The molecule has 1 unspecified atom stereocenters. The molecule has 1 aliphatic rings. The summed E-state index contributed by atoms with van der Waals surface area (Å²) in [6.45, 7) is 0.328. The molecular formula is C17H17N3O3S. The Hall–Kier alpha value is -2.41. The molecule has 1 N–H and O–H groups in total. The van der Waals surface area contributed by atoms with E-state index >= 15 is 0 Å². The molecule has 0 aliphatic heterocycles. The average Bonchev–Trinajstić information content (AvgIpc) is 3.24. The highest BCUT2D eigenvalue weighted by atomic mass is 32.1. The van der Waals surface area contributed by atoms with E-state index < -0.39 is 0 Å². The van der Waals surface area contributed by atoms with Crippen LogP contribution >= 0.6 is 11.3 Å². The Morgan fingerprint density at radius 3 is 3.29 bits per heavy atom. The van der Waals surface area contributed by atoms with E-state index in [0.29, 0.717) is 11.9 Å². The molecule has 0 saturated heterocycles. The molecule has 1 aliphatic carbocycles. The molecule has 0 radical (unpaired) electrons. The van der Waals surface area contributed by atoms with Crippen LogP contribution in [0.1, 0.15) is 36.6 Å². The first kappa shape index (κ1) is 15.1. The summed E-state index contributed by atoms with van der Waals surface area (Å²) in [5.41, 5.74) is 0.983. The standard InChI is InChI=1S/C17H17N3O3S/c21-15(19-13-2-1-3-14-11(13)5-8-23-14)4-7-20-10-18-16-12(17(20)22)6-9-24-16/h5-6,8-10,13H,1-4,7H2,(H,19,21). The Labute approximate surface area is 142 Å². The van der Waals surface area contributed by atoms with Gasteiger partial charge in [-0.1, -0.05) is 0 Å². The number of thiophene rings is 1. The van der Waals surface area contributed by atoms with Crippen LogP contribution in [0.25, 0.3) is 10.2 Å². The van der Waals surface area contributed by atoms with E-state index in [0.717, 1.165) is 35.4 Å². The van der Waals surface area contributed by atoms with Crippen LogP contribution in [0.4, 0.5) is 0 Å². The molecule has 1 atom stereocenters. The van der Waals surface area contributed by atoms with E-state index in [4.69, 9.17) is 4.42 Å². The van der Waals surface area contributed by atoms with Gasteiger partial charge in [0, 0.05) is 24.9 Å². The maximum Gasteiger partial charge on any atom is 0.262 e. The number of carbonyl (C=O) groups is 1. The first-order chi connectivity index (χ1) is 11.7. The minimum Gasteiger partial charge on any atom is -0.469 e. The van der Waals surface area contributed by atoms with Gasteiger partial charge in [0.1, 0.15) is 10.6 Å². The zero-order chi connectivity index (χ0) is 16.5. The quantitative estimate of drug-likeness (QED) is 0.790. The molecule has 6 nitrogen and oxygen atoms in total. The van der Waals surface area contributed by atoms with Crippen molar-refractivity contribution in [2.75, 3.05) is 0 Å². The molecule has 124 valence electrons. The minimum absolute atomic E-state index is 0.00852. The first-order valence-corrected chi connectivity index (χ1v) is 8.88. The van der Waals surface area contributed by atoms with Crippen LogP contribution in [0, 0.1) is 0 Å². The normalized spacial score (nSPS) is 16.9. The third-order valence-corrected chi connectivity index (χ3v) is 5.24. The number of hydrogen-bond donors (Lipinski definition) is 1. The van der Waals surface area contributed by atoms with Gasteiger partial charge in [-0.15, -0.1) is 11.3 Å². The first-order valence-electron chi connectivity index (χ1n) is 8.00. The predicted octanol–water partition coefficient (Wildman–Crippen LogP) is 2.63. The lowest BCUT2D eigenvalue weighted by Crippen LogP contribution is -2.32. The highest BCUT2D eigenvalue weighted by Crippen LogP contribution is 2.30. The minimum atomic E-state index is -0.0937. The summed E-state index contributed by atoms with van der Waals surface area (Å²) in [4.78, 5) is 29.6. The van der Waals surface area contributed by atoms with Gasteiger partial charge in [0.15, 0.2) is 0 Å². The Kier molecular flexibility index (Phi) is 3.93. The van der Waals surface area contributed by atoms with E-state index in [1.54, 1.807) is 12.3 Å². The zero-order valence-corrected chi connectivity index (χ0v) is 13.8. The van der Waals surface area contributed by atoms with E-state index in [1.165, 1.54) is 22.2 Å². The molecule has 24 heavy (non-hydrogen) atoms. The lowest BCUT2D eigenvalue weighted by molar-refractivity contribution is -0.122. The average molecular weight is 343 g/mol. The Morgan fingerprint density at radius 2 is 2.38 bits per heavy atom. The highest BCUT2D eigenvalue weighted by Gasteiger charge is 2.23. The molecule has 0 bridgehead atoms. The number of nitrogens with zero attached hydrogens (tertiary/aromatic N) is 2. The summed E-state index contributed by atoms with van der Waals surface area (Å²) in [5, 5.41) is 5.51. The van der Waals surface area contributed by atoms with Crippen molar-refractivity contribution in [3.05, 3.63) is 51.8 Å². The summed E-state index contributed by atoms with van der Waals surface area (Å²) < 4.78 is 6.94. The molecule has 7 heteroatoms. The van der Waals surface area contributed by atoms with Gasteiger partial charge in [0.05, 0.1) is 24.0 Å². The van der Waals surface area contributed by atoms with Gasteiger partial charge >= 0.3 is 0 Å². The molecular weight excluding hydrogens is 326 g/mol. The van der Waals surface area contributed by atoms with E-state index in [1.807, 2.05) is 11.4 Å². The van der Waals surface area contributed by atoms with Gasteiger partial charge in [0.25, 0.3) is 5.56 Å². The second-order valence-corrected chi connectivity index (χ2v) is 6.84. The number of fused-ring (bicyclic) bond motifs is 2. The van der Waals surface area contributed by atoms with Gasteiger partial charge in [-0.05, 0) is 30.4 Å². The largest absolute Gasteiger partial charge is 0.469 e. The van der Waals surface area contributed by atoms with E-state index in [2.05, 4.69) is 10.3 Å². The number of nitrogens with one attached hydrogen (secondary N) is 1. The van der Waals surface area contributed by atoms with Crippen LogP contribution < -0.4 is 10.9 Å². The lowest BCUT2D eigenvalue weighted by Gasteiger charge is -2.22. The van der Waals surface area contributed by atoms with Crippen LogP contribution in [-0.4, -0.2) is 15.5 Å². The van der Waals surface area contributed by atoms with Crippen molar-refractivity contribution in [2.24, 2.45) is 0 Å². The molecule has 0 fully saturated rings. The lowest BCUT2D eigenvalue weighted by atomic mass is 9.93. The molecule has 3 aromatic heterocycles. The van der Waals surface area contributed by atoms with Crippen LogP contribution in [0.3, 0.4) is 0 Å². The highest BCUT2D eigenvalue weighted by molar-refractivity contribution is 7.16. The number of aryl methyl sites for hydroxylation is 2. The fourth-order valence-corrected chi connectivity index (χ4v) is 3.90. The number of amides is 1. The Bertz CT molecular complexity index is 940. The molecule has 4 rings (SSSR count). The maximum atomic E-state index is 12.3. The van der Waals surface area contributed by atoms with Gasteiger partial charge in [-0.25, -0.2) is 4.98 Å². The summed E-state index contributed by atoms with van der Waals surface area (Å²) >= 11 is 1.44. The molecule has 0 aromatic carbocycles. The van der Waals surface area contributed by atoms with Gasteiger partial charge in [0.2, 0.25) is 5.91 Å². The second kappa shape index (κ2) is 6.24. The van der Waals surface area contributed by atoms with E-state index in [9.17, 15) is 9.59 Å². The van der Waals surface area contributed by atoms with Crippen molar-refractivity contribution < 1.29 is 9.21 Å². The van der Waals surface area contributed by atoms with Crippen LogP contribution in [-0.2, 0) is 17.8 Å². The fourth-order valence-electron chi connectivity index (χ4n) is 3.18. The Morgan fingerprint density at radius 1 is 1.46 bits per heavy atom. The molecule has 0 spiro atoms. The van der Waals surface area contributed by atoms with Crippen molar-refractivity contribution in [1.29, 1.82) is 0 Å². The summed E-state index contributed by atoms with van der Waals surface area (Å²) in [6.07, 6.45) is 6.29.